The van der Waals surface area contributed by atoms with Gasteiger partial charge in [-0.2, -0.15) is 0 Å². The van der Waals surface area contributed by atoms with E-state index in [1.807, 2.05) is 0 Å². The Kier molecular flexibility index (Phi) is 6.75. The van der Waals surface area contributed by atoms with E-state index in [1.54, 1.807) is 6.92 Å². The molecule has 0 spiro atoms. The summed E-state index contributed by atoms with van der Waals surface area (Å²) in [5, 5.41) is 0. The maximum atomic E-state index is 9.93. The van der Waals surface area contributed by atoms with Gasteiger partial charge in [0, 0.05) is 16.9 Å². The molecule has 0 bridgehead atoms. The monoisotopic (exact) mass is 150 g/mol. The first-order valence-corrected chi connectivity index (χ1v) is 4.12. The molecule has 0 rings (SSSR count). The average molecular weight is 150 g/mol. The van der Waals surface area contributed by atoms with Gasteiger partial charge in [0.05, 0.1) is 0 Å². The summed E-state index contributed by atoms with van der Waals surface area (Å²) in [6, 6.07) is 0. The molecule has 2 nitrogen and oxygen atoms in total. The molecule has 40 valence electrons. The zero-order chi connectivity index (χ0) is 5.21. The molecule has 0 amide bonds. The van der Waals surface area contributed by atoms with E-state index in [9.17, 15) is 4.21 Å². The second-order valence-corrected chi connectivity index (χ2v) is 4.17. The molecule has 1 atom stereocenters. The number of hydrogen-bond acceptors (Lipinski definition) is 2. The maximum Gasteiger partial charge on any atom is 1.00 e. The SMILES string of the molecule is CCS(=O)(O)=S.[H-].[Na+]. The Morgan fingerprint density at radius 2 is 2.14 bits per heavy atom. The molecule has 0 aromatic carbocycles. The molecule has 0 fully saturated rings. The van der Waals surface area contributed by atoms with Crippen LogP contribution in [0.15, 0.2) is 0 Å². The van der Waals surface area contributed by atoms with Crippen LogP contribution in [0.2, 0.25) is 0 Å². The van der Waals surface area contributed by atoms with Gasteiger partial charge in [-0.25, -0.2) is 4.21 Å². The minimum atomic E-state index is -2.83. The molecule has 0 aliphatic carbocycles. The molecule has 0 aromatic heterocycles. The van der Waals surface area contributed by atoms with Crippen LogP contribution >= 0.6 is 0 Å². The summed E-state index contributed by atoms with van der Waals surface area (Å²) in [4.78, 5) is 0. The van der Waals surface area contributed by atoms with Crippen molar-refractivity contribution in [3.8, 4) is 0 Å². The second kappa shape index (κ2) is 4.23. The standard InChI is InChI=1S/C2H6O2S2.Na.H/c1-2-6(3,4)5;;/h2H2,1H3,(H,3,4,5);;/q;+1;-1. The Morgan fingerprint density at radius 1 is 2.00 bits per heavy atom. The van der Waals surface area contributed by atoms with Gasteiger partial charge in [-0.1, -0.05) is 6.92 Å². The van der Waals surface area contributed by atoms with Crippen molar-refractivity contribution in [3.05, 3.63) is 0 Å². The third-order valence-electron chi connectivity index (χ3n) is 0.365. The molecule has 0 aromatic rings. The first-order chi connectivity index (χ1) is 2.56. The Morgan fingerprint density at radius 3 is 2.14 bits per heavy atom. The molecule has 0 heterocycles. The van der Waals surface area contributed by atoms with E-state index in [4.69, 9.17) is 4.55 Å². The van der Waals surface area contributed by atoms with Crippen LogP contribution < -0.4 is 29.6 Å². The summed E-state index contributed by atoms with van der Waals surface area (Å²) in [5.74, 6) is 0.169. The molecule has 0 aliphatic rings. The quantitative estimate of drug-likeness (QED) is 0.415. The van der Waals surface area contributed by atoms with E-state index in [0.29, 0.717) is 0 Å². The zero-order valence-corrected chi connectivity index (χ0v) is 8.01. The van der Waals surface area contributed by atoms with Crippen LogP contribution in [0.5, 0.6) is 0 Å². The fourth-order valence-corrected chi connectivity index (χ4v) is 0. The van der Waals surface area contributed by atoms with Gasteiger partial charge in [0.25, 0.3) is 0 Å². The van der Waals surface area contributed by atoms with E-state index in [-0.39, 0.29) is 36.7 Å². The predicted octanol–water partition coefficient (Wildman–Crippen LogP) is -2.66. The normalized spacial score (nSPS) is 16.9. The van der Waals surface area contributed by atoms with Gasteiger partial charge in [-0.05, 0) is 0 Å². The molecule has 0 saturated heterocycles. The predicted molar refractivity (Wildman–Crippen MR) is 29.8 cm³/mol. The van der Waals surface area contributed by atoms with Crippen LogP contribution in [0.3, 0.4) is 0 Å². The topological polar surface area (TPSA) is 37.3 Å². The van der Waals surface area contributed by atoms with Crippen LogP contribution in [0.1, 0.15) is 8.35 Å². The maximum absolute atomic E-state index is 9.93. The van der Waals surface area contributed by atoms with Gasteiger partial charge in [-0.15, -0.1) is 0 Å². The Labute approximate surface area is 72.0 Å². The molecule has 0 radical (unpaired) electrons. The van der Waals surface area contributed by atoms with Crippen molar-refractivity contribution in [2.45, 2.75) is 6.92 Å². The van der Waals surface area contributed by atoms with Crippen LogP contribution in [0.25, 0.3) is 0 Å². The Hall–Kier alpha value is 1.33. The van der Waals surface area contributed by atoms with E-state index in [2.05, 4.69) is 11.2 Å². The first-order valence-electron chi connectivity index (χ1n) is 1.51. The third kappa shape index (κ3) is 11.1. The summed E-state index contributed by atoms with van der Waals surface area (Å²) in [6.45, 7) is 1.58. The molecule has 0 saturated carbocycles. The van der Waals surface area contributed by atoms with Gasteiger partial charge in [-0.3, -0.25) is 0 Å². The number of hydrogen-bond donors (Lipinski definition) is 1. The van der Waals surface area contributed by atoms with E-state index < -0.39 is 8.77 Å². The van der Waals surface area contributed by atoms with E-state index >= 15 is 0 Å². The van der Waals surface area contributed by atoms with Gasteiger partial charge in [0.15, 0.2) is 0 Å². The second-order valence-electron chi connectivity index (χ2n) is 0.871. The van der Waals surface area contributed by atoms with Crippen molar-refractivity contribution in [2.24, 2.45) is 0 Å². The fraction of sp³-hybridized carbons (Fsp3) is 1.00. The van der Waals surface area contributed by atoms with Gasteiger partial charge in [0.2, 0.25) is 0 Å². The molecule has 1 N–H and O–H groups in total. The van der Waals surface area contributed by atoms with Crippen molar-refractivity contribution < 1.29 is 39.7 Å². The van der Waals surface area contributed by atoms with Crippen LogP contribution in [0.4, 0.5) is 0 Å². The minimum absolute atomic E-state index is 0. The van der Waals surface area contributed by atoms with Crippen LogP contribution in [-0.4, -0.2) is 14.5 Å². The van der Waals surface area contributed by atoms with Crippen molar-refractivity contribution in [2.75, 3.05) is 5.75 Å². The van der Waals surface area contributed by atoms with Gasteiger partial charge in [0.1, 0.15) is 8.77 Å². The molecular weight excluding hydrogens is 143 g/mol. The first kappa shape index (κ1) is 11.2. The molecule has 0 aliphatic heterocycles. The smallest absolute Gasteiger partial charge is 1.00 e. The Balaban J connectivity index is -0.000000125. The van der Waals surface area contributed by atoms with Gasteiger partial charge < -0.3 is 5.98 Å². The molecule has 1 unspecified atom stereocenters. The van der Waals surface area contributed by atoms with Crippen molar-refractivity contribution in [1.82, 2.24) is 0 Å². The van der Waals surface area contributed by atoms with Crippen LogP contribution in [-0.2, 0) is 20.0 Å². The average Bonchev–Trinajstić information content (AvgIpc) is 1.35. The summed E-state index contributed by atoms with van der Waals surface area (Å²) >= 11 is 4.07. The van der Waals surface area contributed by atoms with Crippen molar-refractivity contribution >= 4 is 20.0 Å². The van der Waals surface area contributed by atoms with E-state index in [1.165, 1.54) is 0 Å². The van der Waals surface area contributed by atoms with E-state index in [0.717, 1.165) is 0 Å². The molecular formula is C2H7NaO2S2. The van der Waals surface area contributed by atoms with Crippen molar-refractivity contribution in [3.63, 3.8) is 0 Å². The van der Waals surface area contributed by atoms with Crippen LogP contribution in [0, 0.1) is 0 Å². The van der Waals surface area contributed by atoms with Gasteiger partial charge >= 0.3 is 29.6 Å². The fourth-order valence-electron chi connectivity index (χ4n) is 0. The largest absolute Gasteiger partial charge is 1.00 e. The number of rotatable bonds is 1. The third-order valence-corrected chi connectivity index (χ3v) is 1.80. The molecule has 7 heavy (non-hydrogen) atoms. The minimum Gasteiger partial charge on any atom is -1.00 e. The van der Waals surface area contributed by atoms with Crippen molar-refractivity contribution in [1.29, 1.82) is 0 Å². The zero-order valence-electron chi connectivity index (χ0n) is 5.38. The summed E-state index contributed by atoms with van der Waals surface area (Å²) in [7, 11) is -2.83. The molecule has 5 heteroatoms. The summed E-state index contributed by atoms with van der Waals surface area (Å²) < 4.78 is 18.1. The Bertz CT molecular complexity index is 120. The summed E-state index contributed by atoms with van der Waals surface area (Å²) in [5.41, 5.74) is 0. The summed E-state index contributed by atoms with van der Waals surface area (Å²) in [6.07, 6.45) is 0.